The van der Waals surface area contributed by atoms with Crippen molar-refractivity contribution < 1.29 is 4.79 Å². The molecule has 104 valence electrons. The lowest BCUT2D eigenvalue weighted by atomic mass is 9.86. The second kappa shape index (κ2) is 4.20. The number of likely N-dealkylation sites (N-methyl/N-ethyl adjacent to an activating group) is 1. The summed E-state index contributed by atoms with van der Waals surface area (Å²) in [5.41, 5.74) is 3.74. The van der Waals surface area contributed by atoms with E-state index < -0.39 is 5.41 Å². The van der Waals surface area contributed by atoms with Crippen LogP contribution in [0.2, 0.25) is 0 Å². The molecule has 1 amide bonds. The Balaban J connectivity index is 2.09. The quantitative estimate of drug-likeness (QED) is 0.840. The van der Waals surface area contributed by atoms with Gasteiger partial charge >= 0.3 is 0 Å². The van der Waals surface area contributed by atoms with Crippen LogP contribution < -0.4 is 4.90 Å². The lowest BCUT2D eigenvalue weighted by Gasteiger charge is -2.16. The second-order valence-corrected chi connectivity index (χ2v) is 5.82. The molecule has 1 aromatic heterocycles. The number of fused-ring (bicyclic) bond motifs is 1. The molecule has 4 nitrogen and oxygen atoms in total. The first-order chi connectivity index (χ1) is 9.45. The standard InChI is InChI=1S/C16H19N3O/c1-5-11-9-19(10-17-11)12-6-7-13-14(8-12)18(4)15(20)16(13,2)3/h6-10H,5H2,1-4H3. The number of aromatic nitrogens is 2. The monoisotopic (exact) mass is 269 g/mol. The van der Waals surface area contributed by atoms with E-state index in [0.717, 1.165) is 29.1 Å². The van der Waals surface area contributed by atoms with Gasteiger partial charge in [0.25, 0.3) is 0 Å². The molecule has 1 aliphatic rings. The van der Waals surface area contributed by atoms with Crippen LogP contribution in [-0.4, -0.2) is 22.5 Å². The van der Waals surface area contributed by atoms with Crippen LogP contribution in [0, 0.1) is 0 Å². The molecule has 0 aliphatic carbocycles. The number of aryl methyl sites for hydroxylation is 1. The Kier molecular flexibility index (Phi) is 2.71. The number of benzene rings is 1. The smallest absolute Gasteiger partial charge is 0.236 e. The lowest BCUT2D eigenvalue weighted by Crippen LogP contribution is -2.33. The van der Waals surface area contributed by atoms with E-state index in [1.165, 1.54) is 0 Å². The van der Waals surface area contributed by atoms with E-state index in [4.69, 9.17) is 0 Å². The average molecular weight is 269 g/mol. The zero-order chi connectivity index (χ0) is 14.5. The molecular weight excluding hydrogens is 250 g/mol. The highest BCUT2D eigenvalue weighted by molar-refractivity contribution is 6.07. The summed E-state index contributed by atoms with van der Waals surface area (Å²) in [5, 5.41) is 0. The Morgan fingerprint density at radius 3 is 2.70 bits per heavy atom. The van der Waals surface area contributed by atoms with Crippen molar-refractivity contribution in [1.82, 2.24) is 9.55 Å². The van der Waals surface area contributed by atoms with Gasteiger partial charge in [-0.1, -0.05) is 13.0 Å². The predicted molar refractivity (Wildman–Crippen MR) is 79.4 cm³/mol. The molecule has 20 heavy (non-hydrogen) atoms. The number of imidazole rings is 1. The van der Waals surface area contributed by atoms with Crippen molar-refractivity contribution in [2.75, 3.05) is 11.9 Å². The molecule has 1 aliphatic heterocycles. The number of hydrogen-bond donors (Lipinski definition) is 0. The van der Waals surface area contributed by atoms with E-state index in [-0.39, 0.29) is 5.91 Å². The molecule has 0 bridgehead atoms. The maximum Gasteiger partial charge on any atom is 0.236 e. The van der Waals surface area contributed by atoms with E-state index in [1.807, 2.05) is 44.1 Å². The van der Waals surface area contributed by atoms with Crippen LogP contribution in [0.4, 0.5) is 5.69 Å². The SMILES string of the molecule is CCc1cn(-c2ccc3c(c2)N(C)C(=O)C3(C)C)cn1. The fourth-order valence-electron chi connectivity index (χ4n) is 2.82. The number of hydrogen-bond acceptors (Lipinski definition) is 2. The topological polar surface area (TPSA) is 38.1 Å². The zero-order valence-electron chi connectivity index (χ0n) is 12.3. The van der Waals surface area contributed by atoms with Crippen molar-refractivity contribution in [2.24, 2.45) is 0 Å². The van der Waals surface area contributed by atoms with Gasteiger partial charge in [0.2, 0.25) is 5.91 Å². The average Bonchev–Trinajstić information content (AvgIpc) is 2.99. The molecule has 0 atom stereocenters. The maximum atomic E-state index is 12.3. The molecule has 2 aromatic rings. The number of amides is 1. The van der Waals surface area contributed by atoms with E-state index >= 15 is 0 Å². The van der Waals surface area contributed by atoms with Crippen molar-refractivity contribution in [3.63, 3.8) is 0 Å². The van der Waals surface area contributed by atoms with Crippen LogP contribution >= 0.6 is 0 Å². The normalized spacial score (nSPS) is 16.6. The van der Waals surface area contributed by atoms with Crippen LogP contribution in [0.3, 0.4) is 0 Å². The summed E-state index contributed by atoms with van der Waals surface area (Å²) in [7, 11) is 1.84. The second-order valence-electron chi connectivity index (χ2n) is 5.82. The third-order valence-electron chi connectivity index (χ3n) is 4.15. The molecule has 0 spiro atoms. The van der Waals surface area contributed by atoms with Gasteiger partial charge < -0.3 is 9.47 Å². The van der Waals surface area contributed by atoms with Gasteiger partial charge in [-0.05, 0) is 38.0 Å². The number of carbonyl (C=O) groups is 1. The molecular formula is C16H19N3O. The Morgan fingerprint density at radius 2 is 2.05 bits per heavy atom. The van der Waals surface area contributed by atoms with Crippen LogP contribution in [0.1, 0.15) is 32.0 Å². The molecule has 4 heteroatoms. The summed E-state index contributed by atoms with van der Waals surface area (Å²) in [6.45, 7) is 6.04. The molecule has 1 aromatic carbocycles. The third kappa shape index (κ3) is 1.68. The molecule has 2 heterocycles. The summed E-state index contributed by atoms with van der Waals surface area (Å²) in [4.78, 5) is 18.4. The van der Waals surface area contributed by atoms with Crippen LogP contribution in [-0.2, 0) is 16.6 Å². The minimum Gasteiger partial charge on any atom is -0.314 e. The van der Waals surface area contributed by atoms with Crippen LogP contribution in [0.5, 0.6) is 0 Å². The van der Waals surface area contributed by atoms with Crippen molar-refractivity contribution in [1.29, 1.82) is 0 Å². The Labute approximate surface area is 119 Å². The van der Waals surface area contributed by atoms with Gasteiger partial charge in [0.15, 0.2) is 0 Å². The zero-order valence-corrected chi connectivity index (χ0v) is 12.3. The van der Waals surface area contributed by atoms with Gasteiger partial charge in [0.05, 0.1) is 17.4 Å². The number of carbonyl (C=O) groups excluding carboxylic acids is 1. The molecule has 0 saturated heterocycles. The predicted octanol–water partition coefficient (Wildman–Crippen LogP) is 2.69. The Hall–Kier alpha value is -2.10. The van der Waals surface area contributed by atoms with Crippen molar-refractivity contribution in [3.05, 3.63) is 42.0 Å². The summed E-state index contributed by atoms with van der Waals surface area (Å²) in [5.74, 6) is 0.143. The number of rotatable bonds is 2. The van der Waals surface area contributed by atoms with Crippen LogP contribution in [0.25, 0.3) is 5.69 Å². The molecule has 0 radical (unpaired) electrons. The Morgan fingerprint density at radius 1 is 1.30 bits per heavy atom. The van der Waals surface area contributed by atoms with Crippen molar-refractivity contribution >= 4 is 11.6 Å². The number of anilines is 1. The highest BCUT2D eigenvalue weighted by Gasteiger charge is 2.42. The van der Waals surface area contributed by atoms with E-state index in [1.54, 1.807) is 4.90 Å². The van der Waals surface area contributed by atoms with Gasteiger partial charge in [-0.2, -0.15) is 0 Å². The molecule has 0 fully saturated rings. The first-order valence-corrected chi connectivity index (χ1v) is 6.91. The van der Waals surface area contributed by atoms with E-state index in [0.29, 0.717) is 0 Å². The highest BCUT2D eigenvalue weighted by Crippen LogP contribution is 2.41. The summed E-state index contributed by atoms with van der Waals surface area (Å²) in [6, 6.07) is 6.16. The molecule has 3 rings (SSSR count). The minimum atomic E-state index is -0.438. The van der Waals surface area contributed by atoms with Gasteiger partial charge in [0.1, 0.15) is 0 Å². The first kappa shape index (κ1) is 12.9. The summed E-state index contributed by atoms with van der Waals surface area (Å²) in [6.07, 6.45) is 4.77. The van der Waals surface area contributed by atoms with E-state index in [2.05, 4.69) is 24.0 Å². The van der Waals surface area contributed by atoms with Gasteiger partial charge in [0, 0.05) is 24.6 Å². The van der Waals surface area contributed by atoms with Crippen molar-refractivity contribution in [3.8, 4) is 5.69 Å². The summed E-state index contributed by atoms with van der Waals surface area (Å²) < 4.78 is 2.00. The van der Waals surface area contributed by atoms with Gasteiger partial charge in [-0.15, -0.1) is 0 Å². The molecule has 0 saturated carbocycles. The largest absolute Gasteiger partial charge is 0.314 e. The fourth-order valence-corrected chi connectivity index (χ4v) is 2.82. The first-order valence-electron chi connectivity index (χ1n) is 6.91. The fraction of sp³-hybridized carbons (Fsp3) is 0.375. The van der Waals surface area contributed by atoms with Gasteiger partial charge in [-0.3, -0.25) is 4.79 Å². The summed E-state index contributed by atoms with van der Waals surface area (Å²) >= 11 is 0. The van der Waals surface area contributed by atoms with E-state index in [9.17, 15) is 4.79 Å². The minimum absolute atomic E-state index is 0.143. The third-order valence-corrected chi connectivity index (χ3v) is 4.15. The van der Waals surface area contributed by atoms with Gasteiger partial charge in [-0.25, -0.2) is 4.98 Å². The lowest BCUT2D eigenvalue weighted by molar-refractivity contribution is -0.121. The Bertz CT molecular complexity index is 685. The maximum absolute atomic E-state index is 12.3. The molecule has 0 unspecified atom stereocenters. The van der Waals surface area contributed by atoms with Crippen LogP contribution in [0.15, 0.2) is 30.7 Å². The van der Waals surface area contributed by atoms with Crippen molar-refractivity contribution in [2.45, 2.75) is 32.6 Å². The molecule has 0 N–H and O–H groups in total. The highest BCUT2D eigenvalue weighted by atomic mass is 16.2. The number of nitrogens with zero attached hydrogens (tertiary/aromatic N) is 3.